The zero-order chi connectivity index (χ0) is 11.5. The van der Waals surface area contributed by atoms with Crippen molar-refractivity contribution in [3.05, 3.63) is 0 Å². The number of rotatable bonds is 2. The van der Waals surface area contributed by atoms with Crippen molar-refractivity contribution in [2.75, 3.05) is 6.54 Å². The number of nitrogens with zero attached hydrogens (tertiary/aromatic N) is 1. The molecule has 1 aliphatic heterocycles. The maximum Gasteiger partial charge on any atom is 0.0965 e. The summed E-state index contributed by atoms with van der Waals surface area (Å²) in [4.78, 5) is 4.58. The van der Waals surface area contributed by atoms with Gasteiger partial charge in [0.15, 0.2) is 0 Å². The summed E-state index contributed by atoms with van der Waals surface area (Å²) in [5.74, 6) is 3.29. The lowest BCUT2D eigenvalue weighted by Gasteiger charge is -2.32. The highest BCUT2D eigenvalue weighted by molar-refractivity contribution is 5.83. The molecule has 3 aliphatic rings. The van der Waals surface area contributed by atoms with Crippen molar-refractivity contribution in [1.82, 2.24) is 5.32 Å². The molecule has 0 aromatic carbocycles. The molecule has 96 valence electrons. The van der Waals surface area contributed by atoms with Crippen LogP contribution < -0.4 is 5.32 Å². The van der Waals surface area contributed by atoms with Crippen LogP contribution >= 0.6 is 0 Å². The summed E-state index contributed by atoms with van der Waals surface area (Å²) in [6.45, 7) is 1.06. The maximum absolute atomic E-state index is 4.58. The van der Waals surface area contributed by atoms with Crippen LogP contribution in [0.3, 0.4) is 0 Å². The lowest BCUT2D eigenvalue weighted by Crippen LogP contribution is -2.39. The molecule has 0 aromatic heterocycles. The van der Waals surface area contributed by atoms with Crippen LogP contribution in [0.4, 0.5) is 0 Å². The highest BCUT2D eigenvalue weighted by Crippen LogP contribution is 2.39. The van der Waals surface area contributed by atoms with E-state index in [4.69, 9.17) is 0 Å². The fourth-order valence-corrected chi connectivity index (χ4v) is 4.17. The molecule has 17 heavy (non-hydrogen) atoms. The zero-order valence-electron chi connectivity index (χ0n) is 11.0. The number of hydrogen-bond donors (Lipinski definition) is 1. The minimum atomic E-state index is 0.759. The van der Waals surface area contributed by atoms with E-state index in [1.54, 1.807) is 0 Å². The lowest BCUT2D eigenvalue weighted by molar-refractivity contribution is 0.226. The topological polar surface area (TPSA) is 24.4 Å². The molecule has 0 unspecified atom stereocenters. The molecule has 2 atom stereocenters. The number of amidine groups is 1. The summed E-state index contributed by atoms with van der Waals surface area (Å²) in [5.41, 5.74) is 0. The van der Waals surface area contributed by atoms with Gasteiger partial charge in [-0.2, -0.15) is 0 Å². The van der Waals surface area contributed by atoms with Crippen LogP contribution in [-0.2, 0) is 0 Å². The molecule has 0 amide bonds. The van der Waals surface area contributed by atoms with E-state index >= 15 is 0 Å². The Morgan fingerprint density at radius 1 is 0.882 bits per heavy atom. The van der Waals surface area contributed by atoms with Gasteiger partial charge in [0.1, 0.15) is 0 Å². The van der Waals surface area contributed by atoms with E-state index in [1.165, 1.54) is 70.0 Å². The Kier molecular flexibility index (Phi) is 3.68. The first-order valence-electron chi connectivity index (χ1n) is 7.73. The van der Waals surface area contributed by atoms with Gasteiger partial charge < -0.3 is 5.32 Å². The summed E-state index contributed by atoms with van der Waals surface area (Å²) in [5, 5.41) is 3.78. The van der Waals surface area contributed by atoms with Crippen LogP contribution in [-0.4, -0.2) is 18.4 Å². The summed E-state index contributed by atoms with van der Waals surface area (Å²) < 4.78 is 0. The largest absolute Gasteiger partial charge is 0.371 e. The quantitative estimate of drug-likeness (QED) is 0.777. The second-order valence-electron chi connectivity index (χ2n) is 6.18. The van der Waals surface area contributed by atoms with Crippen LogP contribution in [0, 0.1) is 11.8 Å². The molecule has 2 fully saturated rings. The second kappa shape index (κ2) is 5.41. The molecule has 1 N–H and O–H groups in total. The van der Waals surface area contributed by atoms with Crippen LogP contribution in [0.15, 0.2) is 4.99 Å². The molecule has 0 aromatic rings. The van der Waals surface area contributed by atoms with Crippen LogP contribution in [0.1, 0.15) is 64.2 Å². The Balaban J connectivity index is 1.58. The van der Waals surface area contributed by atoms with Gasteiger partial charge in [0.25, 0.3) is 0 Å². The third-order valence-corrected chi connectivity index (χ3v) is 5.05. The normalized spacial score (nSPS) is 34.9. The fraction of sp³-hybridized carbons (Fsp3) is 0.933. The predicted octanol–water partition coefficient (Wildman–Crippen LogP) is 3.52. The molecule has 2 nitrogen and oxygen atoms in total. The van der Waals surface area contributed by atoms with E-state index in [-0.39, 0.29) is 0 Å². The van der Waals surface area contributed by atoms with E-state index < -0.39 is 0 Å². The molecular weight excluding hydrogens is 208 g/mol. The van der Waals surface area contributed by atoms with Crippen molar-refractivity contribution in [3.8, 4) is 0 Å². The van der Waals surface area contributed by atoms with E-state index in [1.807, 2.05) is 0 Å². The molecule has 0 saturated heterocycles. The summed E-state index contributed by atoms with van der Waals surface area (Å²) in [6, 6.07) is 0.759. The minimum Gasteiger partial charge on any atom is -0.371 e. The van der Waals surface area contributed by atoms with Gasteiger partial charge in [-0.15, -0.1) is 0 Å². The number of hydrogen-bond acceptors (Lipinski definition) is 2. The monoisotopic (exact) mass is 234 g/mol. The predicted molar refractivity (Wildman–Crippen MR) is 72.4 cm³/mol. The molecule has 0 bridgehead atoms. The van der Waals surface area contributed by atoms with Crippen LogP contribution in [0.2, 0.25) is 0 Å². The standard InChI is InChI=1S/C15H26N2/c1-2-6-12(7-3-1)13-8-4-9-14(13)17-15-10-5-11-16-15/h12-14H,1-11H2,(H,16,17)/t13-,14-/m0/s1. The average Bonchev–Trinajstić information content (AvgIpc) is 3.02. The van der Waals surface area contributed by atoms with Gasteiger partial charge in [-0.1, -0.05) is 38.5 Å². The van der Waals surface area contributed by atoms with Crippen LogP contribution in [0.5, 0.6) is 0 Å². The van der Waals surface area contributed by atoms with E-state index in [2.05, 4.69) is 10.3 Å². The maximum atomic E-state index is 4.58. The molecule has 0 spiro atoms. The molecular formula is C15H26N2. The van der Waals surface area contributed by atoms with Gasteiger partial charge in [0, 0.05) is 19.0 Å². The molecule has 2 aliphatic carbocycles. The Bertz CT molecular complexity index is 279. The van der Waals surface area contributed by atoms with Crippen molar-refractivity contribution in [2.24, 2.45) is 16.8 Å². The zero-order valence-corrected chi connectivity index (χ0v) is 11.0. The number of nitrogens with one attached hydrogen (secondary N) is 1. The molecule has 0 radical (unpaired) electrons. The van der Waals surface area contributed by atoms with E-state index in [0.717, 1.165) is 24.4 Å². The smallest absolute Gasteiger partial charge is 0.0965 e. The van der Waals surface area contributed by atoms with Crippen molar-refractivity contribution in [1.29, 1.82) is 0 Å². The Morgan fingerprint density at radius 3 is 2.53 bits per heavy atom. The van der Waals surface area contributed by atoms with Crippen molar-refractivity contribution in [3.63, 3.8) is 0 Å². The first-order valence-corrected chi connectivity index (χ1v) is 7.73. The summed E-state index contributed by atoms with van der Waals surface area (Å²) in [7, 11) is 0. The van der Waals surface area contributed by atoms with Gasteiger partial charge in [0.2, 0.25) is 0 Å². The SMILES string of the molecule is C1CCC([C@@H]2CCC[C@@H]2NC2=NCCC2)CC1. The van der Waals surface area contributed by atoms with Gasteiger partial charge >= 0.3 is 0 Å². The third kappa shape index (κ3) is 2.66. The first-order chi connectivity index (χ1) is 8.43. The lowest BCUT2D eigenvalue weighted by atomic mass is 9.77. The van der Waals surface area contributed by atoms with Gasteiger partial charge in [-0.05, 0) is 31.1 Å². The molecule has 1 heterocycles. The van der Waals surface area contributed by atoms with Gasteiger partial charge in [-0.25, -0.2) is 0 Å². The highest BCUT2D eigenvalue weighted by atomic mass is 15.0. The highest BCUT2D eigenvalue weighted by Gasteiger charge is 2.34. The molecule has 3 rings (SSSR count). The minimum absolute atomic E-state index is 0.759. The first kappa shape index (κ1) is 11.6. The van der Waals surface area contributed by atoms with Crippen LogP contribution in [0.25, 0.3) is 0 Å². The summed E-state index contributed by atoms with van der Waals surface area (Å²) >= 11 is 0. The Labute approximate surface area is 105 Å². The average molecular weight is 234 g/mol. The van der Waals surface area contributed by atoms with Gasteiger partial charge in [-0.3, -0.25) is 4.99 Å². The molecule has 2 saturated carbocycles. The van der Waals surface area contributed by atoms with Gasteiger partial charge in [0.05, 0.1) is 5.84 Å². The molecule has 2 heteroatoms. The third-order valence-electron chi connectivity index (χ3n) is 5.05. The summed E-state index contributed by atoms with van der Waals surface area (Å²) in [6.07, 6.45) is 14.2. The Hall–Kier alpha value is -0.530. The Morgan fingerprint density at radius 2 is 1.76 bits per heavy atom. The fourth-order valence-electron chi connectivity index (χ4n) is 4.17. The van der Waals surface area contributed by atoms with E-state index in [9.17, 15) is 0 Å². The van der Waals surface area contributed by atoms with Crippen molar-refractivity contribution >= 4 is 5.84 Å². The van der Waals surface area contributed by atoms with Crippen molar-refractivity contribution in [2.45, 2.75) is 70.3 Å². The van der Waals surface area contributed by atoms with E-state index in [0.29, 0.717) is 0 Å². The number of aliphatic imine (C=N–C) groups is 1. The second-order valence-corrected chi connectivity index (χ2v) is 6.18. The van der Waals surface area contributed by atoms with Crippen molar-refractivity contribution < 1.29 is 0 Å².